The first-order valence-electron chi connectivity index (χ1n) is 16.4. The minimum Gasteiger partial charge on any atom is -0.481 e. The van der Waals surface area contributed by atoms with Crippen LogP contribution in [0.4, 0.5) is 4.39 Å². The van der Waals surface area contributed by atoms with Crippen molar-refractivity contribution in [3.63, 3.8) is 0 Å². The lowest BCUT2D eigenvalue weighted by Gasteiger charge is -2.42. The van der Waals surface area contributed by atoms with Crippen LogP contribution in [0.2, 0.25) is 0 Å². The second-order valence-electron chi connectivity index (χ2n) is 13.7. The van der Waals surface area contributed by atoms with E-state index in [0.29, 0.717) is 30.6 Å². The Balaban J connectivity index is 1.12. The molecule has 0 spiro atoms. The van der Waals surface area contributed by atoms with E-state index in [2.05, 4.69) is 51.6 Å². The zero-order chi connectivity index (χ0) is 28.8. The largest absolute Gasteiger partial charge is 0.481 e. The van der Waals surface area contributed by atoms with Gasteiger partial charge in [-0.15, -0.1) is 0 Å². The van der Waals surface area contributed by atoms with Gasteiger partial charge in [0.15, 0.2) is 0 Å². The molecular formula is C35H45FN4O2. The fourth-order valence-electron chi connectivity index (χ4n) is 9.26. The number of carboxylic acids is 1. The van der Waals surface area contributed by atoms with Crippen molar-refractivity contribution < 1.29 is 14.3 Å². The number of fused-ring (bicyclic) bond motifs is 3. The predicted octanol–water partition coefficient (Wildman–Crippen LogP) is 6.66. The number of likely N-dealkylation sites (tertiary alicyclic amines) is 1. The number of hydrogen-bond acceptors (Lipinski definition) is 4. The fourth-order valence-corrected chi connectivity index (χ4v) is 9.26. The number of hydrogen-bond donors (Lipinski definition) is 1. The molecule has 4 fully saturated rings. The third-order valence-electron chi connectivity index (χ3n) is 11.2. The first kappa shape index (κ1) is 28.0. The van der Waals surface area contributed by atoms with Gasteiger partial charge in [0.05, 0.1) is 16.4 Å². The van der Waals surface area contributed by atoms with Crippen molar-refractivity contribution in [3.8, 4) is 0 Å². The van der Waals surface area contributed by atoms with Crippen LogP contribution in [0.5, 0.6) is 0 Å². The van der Waals surface area contributed by atoms with Gasteiger partial charge in [0.25, 0.3) is 0 Å². The molecule has 7 rings (SSSR count). The van der Waals surface area contributed by atoms with Crippen LogP contribution in [0.1, 0.15) is 88.1 Å². The number of piperidine rings is 1. The van der Waals surface area contributed by atoms with Crippen LogP contribution in [0.15, 0.2) is 48.5 Å². The van der Waals surface area contributed by atoms with E-state index < -0.39 is 11.4 Å². The highest BCUT2D eigenvalue weighted by Crippen LogP contribution is 2.46. The first-order valence-corrected chi connectivity index (χ1v) is 16.4. The lowest BCUT2D eigenvalue weighted by molar-refractivity contribution is -0.152. The SMILES string of the molecule is CCc1nc2ccccc2n1C1C[C@H]2CC[C@@H](C1)N2C[C@H]1CN(CC2(C(=O)O)CCCCC2)C[C@@H]1c1cccc(F)c1. The van der Waals surface area contributed by atoms with E-state index in [1.54, 1.807) is 6.07 Å². The second-order valence-corrected chi connectivity index (χ2v) is 13.7. The molecule has 3 saturated heterocycles. The molecule has 3 aliphatic heterocycles. The summed E-state index contributed by atoms with van der Waals surface area (Å²) in [7, 11) is 0. The summed E-state index contributed by atoms with van der Waals surface area (Å²) in [6, 6.07) is 17.3. The summed E-state index contributed by atoms with van der Waals surface area (Å²) in [5.74, 6) is 0.963. The Labute approximate surface area is 248 Å². The maximum atomic E-state index is 14.4. The molecule has 1 aromatic heterocycles. The van der Waals surface area contributed by atoms with Gasteiger partial charge < -0.3 is 14.6 Å². The number of carbonyl (C=O) groups is 1. The number of carboxylic acid groups (broad SMARTS) is 1. The molecule has 1 saturated carbocycles. The van der Waals surface area contributed by atoms with Crippen LogP contribution in [0.3, 0.4) is 0 Å². The van der Waals surface area contributed by atoms with Crippen molar-refractivity contribution in [1.82, 2.24) is 19.4 Å². The number of aliphatic carboxylic acids is 1. The van der Waals surface area contributed by atoms with Gasteiger partial charge in [-0.25, -0.2) is 9.37 Å². The Bertz CT molecular complexity index is 1420. The normalized spacial score (nSPS) is 29.8. The van der Waals surface area contributed by atoms with Crippen molar-refractivity contribution in [2.45, 2.75) is 95.2 Å². The summed E-state index contributed by atoms with van der Waals surface area (Å²) in [4.78, 5) is 22.7. The summed E-state index contributed by atoms with van der Waals surface area (Å²) in [5, 5.41) is 10.3. The van der Waals surface area contributed by atoms with Crippen molar-refractivity contribution in [3.05, 3.63) is 65.7 Å². The molecule has 7 heteroatoms. The Morgan fingerprint density at radius 3 is 2.48 bits per heavy atom. The van der Waals surface area contributed by atoms with E-state index in [1.807, 2.05) is 6.07 Å². The van der Waals surface area contributed by atoms with Crippen molar-refractivity contribution in [2.75, 3.05) is 26.2 Å². The van der Waals surface area contributed by atoms with Gasteiger partial charge in [0.1, 0.15) is 11.6 Å². The van der Waals surface area contributed by atoms with E-state index in [0.717, 1.165) is 82.1 Å². The molecule has 1 aliphatic carbocycles. The summed E-state index contributed by atoms with van der Waals surface area (Å²) < 4.78 is 17.0. The molecule has 3 aromatic rings. The fraction of sp³-hybridized carbons (Fsp3) is 0.600. The average Bonchev–Trinajstić information content (AvgIpc) is 3.64. The lowest BCUT2D eigenvalue weighted by Crippen LogP contribution is -2.47. The Morgan fingerprint density at radius 1 is 1.00 bits per heavy atom. The van der Waals surface area contributed by atoms with Crippen LogP contribution >= 0.6 is 0 Å². The summed E-state index contributed by atoms with van der Waals surface area (Å²) >= 11 is 0. The summed E-state index contributed by atoms with van der Waals surface area (Å²) in [5.41, 5.74) is 2.79. The Kier molecular flexibility index (Phi) is 7.60. The van der Waals surface area contributed by atoms with E-state index in [9.17, 15) is 14.3 Å². The third kappa shape index (κ3) is 5.06. The average molecular weight is 573 g/mol. The highest BCUT2D eigenvalue weighted by atomic mass is 19.1. The zero-order valence-corrected chi connectivity index (χ0v) is 24.9. The number of aromatic nitrogens is 2. The molecule has 2 bridgehead atoms. The van der Waals surface area contributed by atoms with Gasteiger partial charge in [0, 0.05) is 56.6 Å². The van der Waals surface area contributed by atoms with Crippen LogP contribution in [0, 0.1) is 17.2 Å². The van der Waals surface area contributed by atoms with Gasteiger partial charge in [-0.3, -0.25) is 9.69 Å². The zero-order valence-electron chi connectivity index (χ0n) is 24.9. The molecule has 1 unspecified atom stereocenters. The van der Waals surface area contributed by atoms with E-state index in [1.165, 1.54) is 30.2 Å². The predicted molar refractivity (Wildman–Crippen MR) is 163 cm³/mol. The molecule has 6 nitrogen and oxygen atoms in total. The van der Waals surface area contributed by atoms with E-state index in [4.69, 9.17) is 4.98 Å². The minimum atomic E-state index is -0.637. The molecule has 5 atom stereocenters. The smallest absolute Gasteiger partial charge is 0.310 e. The maximum Gasteiger partial charge on any atom is 0.310 e. The van der Waals surface area contributed by atoms with Crippen molar-refractivity contribution in [1.29, 1.82) is 0 Å². The number of aryl methyl sites for hydroxylation is 1. The number of nitrogens with zero attached hydrogens (tertiary/aromatic N) is 4. The molecule has 1 N–H and O–H groups in total. The minimum absolute atomic E-state index is 0.181. The second kappa shape index (κ2) is 11.4. The summed E-state index contributed by atoms with van der Waals surface area (Å²) in [6.07, 6.45) is 10.4. The van der Waals surface area contributed by atoms with Gasteiger partial charge >= 0.3 is 5.97 Å². The highest BCUT2D eigenvalue weighted by Gasteiger charge is 2.47. The van der Waals surface area contributed by atoms with Crippen LogP contribution in [-0.4, -0.2) is 68.7 Å². The van der Waals surface area contributed by atoms with Gasteiger partial charge in [-0.05, 0) is 74.3 Å². The lowest BCUT2D eigenvalue weighted by atomic mass is 9.73. The number of halogens is 1. The molecule has 4 heterocycles. The molecule has 2 aromatic carbocycles. The van der Waals surface area contributed by atoms with E-state index in [-0.39, 0.29) is 11.7 Å². The van der Waals surface area contributed by atoms with Gasteiger partial charge in [0.2, 0.25) is 0 Å². The highest BCUT2D eigenvalue weighted by molar-refractivity contribution is 5.76. The standard InChI is InChI=1S/C35H45FN4O2/c1-2-33-37-31-11-4-5-12-32(31)40(33)29-18-27-13-14-28(19-29)39(27)21-25-20-38(22-30(25)24-9-8-10-26(36)17-24)23-35(34(41)42)15-6-3-7-16-35/h4-5,8-12,17,25,27-30H,2-3,6-7,13-16,18-23H2,1H3,(H,41,42)/t25-,27-,28+,29?,30-/m1/s1. The van der Waals surface area contributed by atoms with Crippen molar-refractivity contribution in [2.24, 2.45) is 11.3 Å². The van der Waals surface area contributed by atoms with E-state index >= 15 is 0 Å². The molecule has 4 aliphatic rings. The number of benzene rings is 2. The van der Waals surface area contributed by atoms with Crippen LogP contribution in [0.25, 0.3) is 11.0 Å². The Hall–Kier alpha value is -2.77. The van der Waals surface area contributed by atoms with Crippen LogP contribution < -0.4 is 0 Å². The third-order valence-corrected chi connectivity index (χ3v) is 11.2. The van der Waals surface area contributed by atoms with Gasteiger partial charge in [-0.1, -0.05) is 50.5 Å². The molecule has 0 radical (unpaired) electrons. The van der Waals surface area contributed by atoms with Crippen LogP contribution in [-0.2, 0) is 11.2 Å². The molecule has 224 valence electrons. The first-order chi connectivity index (χ1) is 20.4. The number of rotatable bonds is 8. The monoisotopic (exact) mass is 572 g/mol. The number of para-hydroxylation sites is 2. The molecular weight excluding hydrogens is 527 g/mol. The number of imidazole rings is 1. The molecule has 42 heavy (non-hydrogen) atoms. The van der Waals surface area contributed by atoms with Gasteiger partial charge in [-0.2, -0.15) is 0 Å². The maximum absolute atomic E-state index is 14.4. The molecule has 0 amide bonds. The Morgan fingerprint density at radius 2 is 1.76 bits per heavy atom. The topological polar surface area (TPSA) is 61.6 Å². The summed E-state index contributed by atoms with van der Waals surface area (Å²) in [6.45, 7) is 5.54. The quantitative estimate of drug-likeness (QED) is 0.327. The van der Waals surface area contributed by atoms with Crippen molar-refractivity contribution >= 4 is 17.0 Å².